The normalized spacial score (nSPS) is 12.4. The minimum atomic E-state index is 0.145. The standard InChI is InChI=1S/C14H23NO/c1-3-5-6-10-14(15)12-8-7-9-13(11-12)16-4-2/h7-9,11,14H,3-6,10,15H2,1-2H3/t14-/m0/s1. The van der Waals surface area contributed by atoms with Crippen LogP contribution in [-0.2, 0) is 0 Å². The molecular formula is C14H23NO. The van der Waals surface area contributed by atoms with Gasteiger partial charge in [-0.15, -0.1) is 0 Å². The maximum Gasteiger partial charge on any atom is 0.119 e. The average molecular weight is 221 g/mol. The van der Waals surface area contributed by atoms with E-state index in [0.717, 1.165) is 12.2 Å². The molecule has 0 amide bonds. The molecule has 90 valence electrons. The molecule has 0 aliphatic rings. The maximum absolute atomic E-state index is 6.15. The lowest BCUT2D eigenvalue weighted by Crippen LogP contribution is -2.10. The molecule has 2 nitrogen and oxygen atoms in total. The van der Waals surface area contributed by atoms with Crippen LogP contribution < -0.4 is 10.5 Å². The summed E-state index contributed by atoms with van der Waals surface area (Å²) in [5, 5.41) is 0. The van der Waals surface area contributed by atoms with Gasteiger partial charge in [0.1, 0.15) is 5.75 Å². The van der Waals surface area contributed by atoms with Crippen LogP contribution in [0.15, 0.2) is 24.3 Å². The van der Waals surface area contributed by atoms with Crippen molar-refractivity contribution in [1.29, 1.82) is 0 Å². The van der Waals surface area contributed by atoms with Gasteiger partial charge in [0, 0.05) is 6.04 Å². The second-order valence-corrected chi connectivity index (χ2v) is 4.11. The Bertz CT molecular complexity index is 299. The van der Waals surface area contributed by atoms with Gasteiger partial charge < -0.3 is 10.5 Å². The Hall–Kier alpha value is -1.02. The predicted octanol–water partition coefficient (Wildman–Crippen LogP) is 3.67. The fourth-order valence-electron chi connectivity index (χ4n) is 1.78. The number of hydrogen-bond donors (Lipinski definition) is 1. The molecule has 0 aromatic heterocycles. The third kappa shape index (κ3) is 4.23. The van der Waals surface area contributed by atoms with Crippen LogP contribution in [-0.4, -0.2) is 6.61 Å². The molecule has 0 heterocycles. The topological polar surface area (TPSA) is 35.2 Å². The van der Waals surface area contributed by atoms with Crippen LogP contribution >= 0.6 is 0 Å². The van der Waals surface area contributed by atoms with Gasteiger partial charge in [-0.05, 0) is 31.0 Å². The molecule has 0 unspecified atom stereocenters. The van der Waals surface area contributed by atoms with E-state index in [4.69, 9.17) is 10.5 Å². The fraction of sp³-hybridized carbons (Fsp3) is 0.571. The van der Waals surface area contributed by atoms with Crippen molar-refractivity contribution in [2.75, 3.05) is 6.61 Å². The SMILES string of the molecule is CCCCC[C@H](N)c1cccc(OCC)c1. The van der Waals surface area contributed by atoms with Gasteiger partial charge in [-0.1, -0.05) is 38.3 Å². The molecule has 2 heteroatoms. The first-order chi connectivity index (χ1) is 7.77. The smallest absolute Gasteiger partial charge is 0.119 e. The van der Waals surface area contributed by atoms with Crippen LogP contribution in [0.3, 0.4) is 0 Å². The van der Waals surface area contributed by atoms with Crippen LogP contribution in [0.1, 0.15) is 51.1 Å². The Labute approximate surface area is 98.8 Å². The number of nitrogens with two attached hydrogens (primary N) is 1. The van der Waals surface area contributed by atoms with Crippen LogP contribution in [0.25, 0.3) is 0 Å². The van der Waals surface area contributed by atoms with Crippen molar-refractivity contribution in [2.24, 2.45) is 5.73 Å². The molecule has 0 aliphatic heterocycles. The van der Waals surface area contributed by atoms with Crippen LogP contribution in [0, 0.1) is 0 Å². The lowest BCUT2D eigenvalue weighted by atomic mass is 10.0. The zero-order valence-electron chi connectivity index (χ0n) is 10.4. The summed E-state index contributed by atoms with van der Waals surface area (Å²) in [4.78, 5) is 0. The van der Waals surface area contributed by atoms with Crippen molar-refractivity contribution >= 4 is 0 Å². The minimum Gasteiger partial charge on any atom is -0.494 e. The third-order valence-electron chi connectivity index (χ3n) is 2.72. The van der Waals surface area contributed by atoms with Crippen LogP contribution in [0.2, 0.25) is 0 Å². The Morgan fingerprint density at radius 1 is 1.25 bits per heavy atom. The molecule has 16 heavy (non-hydrogen) atoms. The third-order valence-corrected chi connectivity index (χ3v) is 2.72. The summed E-state index contributed by atoms with van der Waals surface area (Å²) in [6.45, 7) is 4.91. The number of ether oxygens (including phenoxy) is 1. The van der Waals surface area contributed by atoms with E-state index in [1.807, 2.05) is 19.1 Å². The van der Waals surface area contributed by atoms with Crippen LogP contribution in [0.4, 0.5) is 0 Å². The van der Waals surface area contributed by atoms with Gasteiger partial charge in [0.2, 0.25) is 0 Å². The predicted molar refractivity (Wildman–Crippen MR) is 68.7 cm³/mol. The van der Waals surface area contributed by atoms with Gasteiger partial charge >= 0.3 is 0 Å². The molecule has 0 fully saturated rings. The highest BCUT2D eigenvalue weighted by molar-refractivity contribution is 5.30. The summed E-state index contributed by atoms with van der Waals surface area (Å²) in [5.74, 6) is 0.922. The second kappa shape index (κ2) is 7.29. The Kier molecular flexibility index (Phi) is 5.94. The van der Waals surface area contributed by atoms with Gasteiger partial charge in [-0.3, -0.25) is 0 Å². The molecule has 1 atom stereocenters. The van der Waals surface area contributed by atoms with E-state index in [2.05, 4.69) is 19.1 Å². The van der Waals surface area contributed by atoms with Crippen molar-refractivity contribution in [2.45, 2.75) is 45.6 Å². The molecular weight excluding hydrogens is 198 g/mol. The lowest BCUT2D eigenvalue weighted by molar-refractivity contribution is 0.339. The Morgan fingerprint density at radius 3 is 2.75 bits per heavy atom. The van der Waals surface area contributed by atoms with E-state index in [1.54, 1.807) is 0 Å². The fourth-order valence-corrected chi connectivity index (χ4v) is 1.78. The van der Waals surface area contributed by atoms with Gasteiger partial charge in [0.15, 0.2) is 0 Å². The zero-order valence-corrected chi connectivity index (χ0v) is 10.4. The van der Waals surface area contributed by atoms with Gasteiger partial charge in [-0.2, -0.15) is 0 Å². The first-order valence-electron chi connectivity index (χ1n) is 6.26. The molecule has 2 N–H and O–H groups in total. The number of rotatable bonds is 7. The van der Waals surface area contributed by atoms with Crippen molar-refractivity contribution in [3.05, 3.63) is 29.8 Å². The lowest BCUT2D eigenvalue weighted by Gasteiger charge is -2.13. The summed E-state index contributed by atoms with van der Waals surface area (Å²) in [7, 11) is 0. The Balaban J connectivity index is 2.53. The van der Waals surface area contributed by atoms with Gasteiger partial charge in [-0.25, -0.2) is 0 Å². The molecule has 0 bridgehead atoms. The van der Waals surface area contributed by atoms with E-state index in [-0.39, 0.29) is 6.04 Å². The monoisotopic (exact) mass is 221 g/mol. The van der Waals surface area contributed by atoms with E-state index in [1.165, 1.54) is 24.8 Å². The number of hydrogen-bond acceptors (Lipinski definition) is 2. The van der Waals surface area contributed by atoms with Crippen molar-refractivity contribution < 1.29 is 4.74 Å². The average Bonchev–Trinajstić information content (AvgIpc) is 2.30. The molecule has 1 aromatic carbocycles. The molecule has 0 radical (unpaired) electrons. The first-order valence-corrected chi connectivity index (χ1v) is 6.26. The second-order valence-electron chi connectivity index (χ2n) is 4.11. The molecule has 0 spiro atoms. The van der Waals surface area contributed by atoms with Gasteiger partial charge in [0.05, 0.1) is 6.61 Å². The Morgan fingerprint density at radius 2 is 2.06 bits per heavy atom. The van der Waals surface area contributed by atoms with E-state index >= 15 is 0 Å². The highest BCUT2D eigenvalue weighted by atomic mass is 16.5. The molecule has 0 saturated heterocycles. The summed E-state index contributed by atoms with van der Waals surface area (Å²) < 4.78 is 5.47. The van der Waals surface area contributed by atoms with E-state index < -0.39 is 0 Å². The molecule has 1 aromatic rings. The van der Waals surface area contributed by atoms with Crippen LogP contribution in [0.5, 0.6) is 5.75 Å². The highest BCUT2D eigenvalue weighted by Gasteiger charge is 2.06. The largest absolute Gasteiger partial charge is 0.494 e. The number of unbranched alkanes of at least 4 members (excludes halogenated alkanes) is 2. The molecule has 0 saturated carbocycles. The van der Waals surface area contributed by atoms with Crippen molar-refractivity contribution in [3.63, 3.8) is 0 Å². The van der Waals surface area contributed by atoms with Gasteiger partial charge in [0.25, 0.3) is 0 Å². The summed E-state index contributed by atoms with van der Waals surface area (Å²) in [6, 6.07) is 8.28. The summed E-state index contributed by atoms with van der Waals surface area (Å²) in [5.41, 5.74) is 7.33. The molecule has 0 aliphatic carbocycles. The maximum atomic E-state index is 6.15. The van der Waals surface area contributed by atoms with E-state index in [9.17, 15) is 0 Å². The number of benzene rings is 1. The zero-order chi connectivity index (χ0) is 11.8. The van der Waals surface area contributed by atoms with E-state index in [0.29, 0.717) is 6.61 Å². The minimum absolute atomic E-state index is 0.145. The van der Waals surface area contributed by atoms with Crippen molar-refractivity contribution in [1.82, 2.24) is 0 Å². The quantitative estimate of drug-likeness (QED) is 0.713. The first kappa shape index (κ1) is 13.0. The summed E-state index contributed by atoms with van der Waals surface area (Å²) in [6.07, 6.45) is 4.77. The summed E-state index contributed by atoms with van der Waals surface area (Å²) >= 11 is 0. The highest BCUT2D eigenvalue weighted by Crippen LogP contribution is 2.21. The van der Waals surface area contributed by atoms with Crippen molar-refractivity contribution in [3.8, 4) is 5.75 Å². The molecule has 1 rings (SSSR count).